The van der Waals surface area contributed by atoms with E-state index in [0.717, 1.165) is 23.3 Å². The minimum atomic E-state index is -1.38. The minimum absolute atomic E-state index is 0.270. The molecular weight excluding hydrogens is 400 g/mol. The third-order valence-corrected chi connectivity index (χ3v) is 6.01. The first-order valence-electron chi connectivity index (χ1n) is 10.9. The molecule has 0 aliphatic carbocycles. The Balaban J connectivity index is 1.71. The molecule has 1 heterocycles. The number of hydrogen-bond donors (Lipinski definition) is 1. The van der Waals surface area contributed by atoms with Crippen molar-refractivity contribution >= 4 is 17.7 Å². The molecular formula is C27H26N2O3. The standard InChI is InChI=1S/C27H26N2O3/c1-3-10-20-15-17-21(18-16-20)24(30)19(2)29-25(31)27(28-26(29)32,22-11-6-4-7-12-22)23-13-8-5-9-14-23/h4-9,11-19H,3,10H2,1-2H3,(H,28,32). The third-order valence-electron chi connectivity index (χ3n) is 6.01. The van der Waals surface area contributed by atoms with Crippen molar-refractivity contribution in [3.05, 3.63) is 107 Å². The van der Waals surface area contributed by atoms with Crippen LogP contribution in [0.25, 0.3) is 0 Å². The van der Waals surface area contributed by atoms with E-state index < -0.39 is 23.5 Å². The zero-order valence-corrected chi connectivity index (χ0v) is 18.2. The first kappa shape index (κ1) is 21.5. The van der Waals surface area contributed by atoms with Crippen LogP contribution in [0.5, 0.6) is 0 Å². The second kappa shape index (κ2) is 8.79. The maximum Gasteiger partial charge on any atom is 0.326 e. The summed E-state index contributed by atoms with van der Waals surface area (Å²) in [6.07, 6.45) is 1.96. The number of nitrogens with one attached hydrogen (secondary N) is 1. The molecule has 0 radical (unpaired) electrons. The average molecular weight is 427 g/mol. The van der Waals surface area contributed by atoms with E-state index in [-0.39, 0.29) is 5.78 Å². The number of aryl methyl sites for hydroxylation is 1. The van der Waals surface area contributed by atoms with Crippen molar-refractivity contribution in [3.8, 4) is 0 Å². The topological polar surface area (TPSA) is 66.5 Å². The summed E-state index contributed by atoms with van der Waals surface area (Å²) in [7, 11) is 0. The van der Waals surface area contributed by atoms with Gasteiger partial charge in [-0.25, -0.2) is 4.79 Å². The summed E-state index contributed by atoms with van der Waals surface area (Å²) in [5, 5.41) is 2.90. The average Bonchev–Trinajstić information content (AvgIpc) is 3.11. The van der Waals surface area contributed by atoms with Crippen molar-refractivity contribution in [1.82, 2.24) is 10.2 Å². The molecule has 1 aliphatic rings. The van der Waals surface area contributed by atoms with Crippen molar-refractivity contribution in [1.29, 1.82) is 0 Å². The van der Waals surface area contributed by atoms with Gasteiger partial charge in [-0.05, 0) is 30.0 Å². The Morgan fingerprint density at radius 3 is 1.91 bits per heavy atom. The highest BCUT2D eigenvalue weighted by Gasteiger charge is 2.55. The van der Waals surface area contributed by atoms with Gasteiger partial charge in [0.25, 0.3) is 5.91 Å². The molecule has 4 rings (SSSR count). The van der Waals surface area contributed by atoms with Crippen LogP contribution in [0.2, 0.25) is 0 Å². The Bertz CT molecular complexity index is 1090. The number of carbonyl (C=O) groups excluding carboxylic acids is 3. The number of hydrogen-bond acceptors (Lipinski definition) is 3. The minimum Gasteiger partial charge on any atom is -0.315 e. The second-order valence-corrected chi connectivity index (χ2v) is 8.07. The largest absolute Gasteiger partial charge is 0.326 e. The number of amides is 3. The molecule has 3 amide bonds. The molecule has 162 valence electrons. The van der Waals surface area contributed by atoms with E-state index in [1.807, 2.05) is 72.8 Å². The van der Waals surface area contributed by atoms with E-state index in [1.54, 1.807) is 19.1 Å². The SMILES string of the molecule is CCCc1ccc(C(=O)C(C)N2C(=O)NC(c3ccccc3)(c3ccccc3)C2=O)cc1. The van der Waals surface area contributed by atoms with Crippen LogP contribution < -0.4 is 5.32 Å². The molecule has 0 aromatic heterocycles. The molecule has 0 spiro atoms. The zero-order valence-electron chi connectivity index (χ0n) is 18.2. The lowest BCUT2D eigenvalue weighted by molar-refractivity contribution is -0.131. The summed E-state index contributed by atoms with van der Waals surface area (Å²) in [6, 6.07) is 24.1. The molecule has 3 aromatic carbocycles. The van der Waals surface area contributed by atoms with Crippen molar-refractivity contribution < 1.29 is 14.4 Å². The monoisotopic (exact) mass is 426 g/mol. The smallest absolute Gasteiger partial charge is 0.315 e. The van der Waals surface area contributed by atoms with Gasteiger partial charge < -0.3 is 5.32 Å². The lowest BCUT2D eigenvalue weighted by Crippen LogP contribution is -2.47. The second-order valence-electron chi connectivity index (χ2n) is 8.07. The summed E-state index contributed by atoms with van der Waals surface area (Å²) in [6.45, 7) is 3.70. The van der Waals surface area contributed by atoms with E-state index >= 15 is 0 Å². The molecule has 1 fully saturated rings. The van der Waals surface area contributed by atoms with Crippen molar-refractivity contribution in [3.63, 3.8) is 0 Å². The highest BCUT2D eigenvalue weighted by atomic mass is 16.2. The zero-order chi connectivity index (χ0) is 22.7. The molecule has 3 aromatic rings. The van der Waals surface area contributed by atoms with Crippen LogP contribution in [0.3, 0.4) is 0 Å². The van der Waals surface area contributed by atoms with Crippen LogP contribution in [0.4, 0.5) is 4.79 Å². The van der Waals surface area contributed by atoms with Crippen LogP contribution in [0.15, 0.2) is 84.9 Å². The van der Waals surface area contributed by atoms with E-state index in [2.05, 4.69) is 12.2 Å². The normalized spacial score (nSPS) is 16.0. The number of carbonyl (C=O) groups is 3. The van der Waals surface area contributed by atoms with E-state index in [4.69, 9.17) is 0 Å². The fourth-order valence-corrected chi connectivity index (χ4v) is 4.32. The van der Waals surface area contributed by atoms with Gasteiger partial charge in [0.15, 0.2) is 11.3 Å². The summed E-state index contributed by atoms with van der Waals surface area (Å²) in [5.74, 6) is -0.725. The first-order valence-corrected chi connectivity index (χ1v) is 10.9. The number of rotatable bonds is 7. The lowest BCUT2D eigenvalue weighted by atomic mass is 9.82. The Morgan fingerprint density at radius 2 is 1.41 bits per heavy atom. The van der Waals surface area contributed by atoms with Crippen LogP contribution in [-0.4, -0.2) is 28.7 Å². The maximum absolute atomic E-state index is 13.8. The van der Waals surface area contributed by atoms with E-state index in [1.165, 1.54) is 0 Å². The van der Waals surface area contributed by atoms with Crippen LogP contribution in [0, 0.1) is 0 Å². The number of Topliss-reactive ketones (excluding diaryl/α,β-unsaturated/α-hetero) is 1. The lowest BCUT2D eigenvalue weighted by Gasteiger charge is -2.29. The highest BCUT2D eigenvalue weighted by molar-refractivity contribution is 6.14. The van der Waals surface area contributed by atoms with Gasteiger partial charge >= 0.3 is 6.03 Å². The highest BCUT2D eigenvalue weighted by Crippen LogP contribution is 2.37. The fraction of sp³-hybridized carbons (Fsp3) is 0.222. The van der Waals surface area contributed by atoms with Gasteiger partial charge in [0, 0.05) is 5.56 Å². The Labute approximate surface area is 188 Å². The van der Waals surface area contributed by atoms with Gasteiger partial charge in [-0.15, -0.1) is 0 Å². The number of ketones is 1. The first-order chi connectivity index (χ1) is 15.5. The molecule has 0 bridgehead atoms. The van der Waals surface area contributed by atoms with Crippen LogP contribution >= 0.6 is 0 Å². The number of urea groups is 1. The molecule has 5 nitrogen and oxygen atoms in total. The summed E-state index contributed by atoms with van der Waals surface area (Å²) in [5.41, 5.74) is 1.55. The van der Waals surface area contributed by atoms with Gasteiger partial charge in [-0.3, -0.25) is 14.5 Å². The molecule has 1 atom stereocenters. The van der Waals surface area contributed by atoms with E-state index in [9.17, 15) is 14.4 Å². The van der Waals surface area contributed by atoms with Gasteiger partial charge in [0.05, 0.1) is 0 Å². The van der Waals surface area contributed by atoms with Gasteiger partial charge in [-0.1, -0.05) is 98.3 Å². The Kier molecular flexibility index (Phi) is 5.91. The predicted molar refractivity (Wildman–Crippen MR) is 123 cm³/mol. The Morgan fingerprint density at radius 1 is 0.875 bits per heavy atom. The maximum atomic E-state index is 13.8. The van der Waals surface area contributed by atoms with Crippen molar-refractivity contribution in [2.45, 2.75) is 38.3 Å². The van der Waals surface area contributed by atoms with Gasteiger partial charge in [0.2, 0.25) is 0 Å². The third kappa shape index (κ3) is 3.60. The molecule has 5 heteroatoms. The number of imide groups is 1. The Hall–Kier alpha value is -3.73. The van der Waals surface area contributed by atoms with Crippen LogP contribution in [-0.2, 0) is 16.8 Å². The molecule has 1 aliphatic heterocycles. The molecule has 32 heavy (non-hydrogen) atoms. The van der Waals surface area contributed by atoms with Crippen LogP contribution in [0.1, 0.15) is 47.3 Å². The van der Waals surface area contributed by atoms with Crippen molar-refractivity contribution in [2.24, 2.45) is 0 Å². The predicted octanol–water partition coefficient (Wildman–Crippen LogP) is 4.71. The summed E-state index contributed by atoms with van der Waals surface area (Å²) < 4.78 is 0. The number of benzene rings is 3. The summed E-state index contributed by atoms with van der Waals surface area (Å²) in [4.78, 5) is 41.2. The van der Waals surface area contributed by atoms with Crippen molar-refractivity contribution in [2.75, 3.05) is 0 Å². The quantitative estimate of drug-likeness (QED) is 0.440. The molecule has 0 saturated carbocycles. The van der Waals surface area contributed by atoms with E-state index in [0.29, 0.717) is 16.7 Å². The molecule has 1 saturated heterocycles. The fourth-order valence-electron chi connectivity index (χ4n) is 4.32. The number of nitrogens with zero attached hydrogens (tertiary/aromatic N) is 1. The summed E-state index contributed by atoms with van der Waals surface area (Å²) >= 11 is 0. The molecule has 1 N–H and O–H groups in total. The van der Waals surface area contributed by atoms with Gasteiger partial charge in [0.1, 0.15) is 6.04 Å². The molecule has 1 unspecified atom stereocenters. The van der Waals surface area contributed by atoms with Gasteiger partial charge in [-0.2, -0.15) is 0 Å².